The van der Waals surface area contributed by atoms with E-state index < -0.39 is 12.0 Å². The summed E-state index contributed by atoms with van der Waals surface area (Å²) in [5.41, 5.74) is 5.80. The second-order valence-electron chi connectivity index (χ2n) is 6.45. The first-order valence-electron chi connectivity index (χ1n) is 8.25. The molecular weight excluding hydrogens is 341 g/mol. The highest BCUT2D eigenvalue weighted by atomic mass is 19.4. The first-order valence-corrected chi connectivity index (χ1v) is 8.25. The minimum Gasteiger partial charge on any atom is -0.260 e. The van der Waals surface area contributed by atoms with E-state index >= 15 is 0 Å². The molecule has 0 radical (unpaired) electrons. The van der Waals surface area contributed by atoms with E-state index in [1.54, 1.807) is 18.2 Å². The van der Waals surface area contributed by atoms with Crippen LogP contribution >= 0.6 is 0 Å². The highest BCUT2D eigenvalue weighted by molar-refractivity contribution is 6.01. The number of hydrogen-bond acceptors (Lipinski definition) is 4. The Labute approximate surface area is 149 Å². The number of fused-ring (bicyclic) bond motifs is 1. The van der Waals surface area contributed by atoms with E-state index in [1.807, 2.05) is 13.8 Å². The molecule has 1 aliphatic carbocycles. The van der Waals surface area contributed by atoms with Crippen molar-refractivity contribution >= 4 is 22.4 Å². The van der Waals surface area contributed by atoms with Gasteiger partial charge in [0.1, 0.15) is 0 Å². The van der Waals surface area contributed by atoms with Gasteiger partial charge in [0.15, 0.2) is 5.82 Å². The zero-order chi connectivity index (χ0) is 18.9. The van der Waals surface area contributed by atoms with Gasteiger partial charge in [-0.05, 0) is 50.3 Å². The van der Waals surface area contributed by atoms with Gasteiger partial charge in [0, 0.05) is 5.39 Å². The highest BCUT2D eigenvalue weighted by Gasteiger charge is 2.35. The molecule has 1 atom stereocenters. The zero-order valence-corrected chi connectivity index (χ0v) is 14.6. The Balaban J connectivity index is 1.99. The second kappa shape index (κ2) is 6.90. The van der Waals surface area contributed by atoms with E-state index in [1.165, 1.54) is 6.07 Å². The molecule has 0 unspecified atom stereocenters. The second-order valence-corrected chi connectivity index (χ2v) is 6.45. The molecule has 1 aliphatic rings. The molecule has 0 bridgehead atoms. The molecule has 2 aromatic rings. The van der Waals surface area contributed by atoms with Gasteiger partial charge in [-0.1, -0.05) is 30.4 Å². The highest BCUT2D eigenvalue weighted by Crippen LogP contribution is 2.31. The number of benzene rings is 1. The Morgan fingerprint density at radius 1 is 1.27 bits per heavy atom. The van der Waals surface area contributed by atoms with Crippen molar-refractivity contribution in [2.45, 2.75) is 32.9 Å². The molecular formula is C19H19F3N4. The summed E-state index contributed by atoms with van der Waals surface area (Å²) < 4.78 is 39.3. The molecule has 4 nitrogen and oxygen atoms in total. The molecule has 26 heavy (non-hydrogen) atoms. The van der Waals surface area contributed by atoms with Gasteiger partial charge < -0.3 is 0 Å². The van der Waals surface area contributed by atoms with E-state index in [0.717, 1.165) is 23.3 Å². The predicted octanol–water partition coefficient (Wildman–Crippen LogP) is 5.35. The minimum absolute atomic E-state index is 0.0423. The number of hydrogen-bond donors (Lipinski definition) is 1. The van der Waals surface area contributed by atoms with E-state index in [2.05, 4.69) is 33.2 Å². The SMILES string of the molecule is C=C(C)[C@H]1CC=C(C)C(=NNc2nc(C(F)(F)F)nc3ccccc23)C1. The molecule has 7 heteroatoms. The van der Waals surface area contributed by atoms with Gasteiger partial charge in [0.05, 0.1) is 11.2 Å². The van der Waals surface area contributed by atoms with E-state index in [-0.39, 0.29) is 17.3 Å². The Morgan fingerprint density at radius 3 is 2.69 bits per heavy atom. The number of rotatable bonds is 3. The molecule has 3 rings (SSSR count). The lowest BCUT2D eigenvalue weighted by Gasteiger charge is -2.22. The van der Waals surface area contributed by atoms with Crippen LogP contribution in [0, 0.1) is 5.92 Å². The average Bonchev–Trinajstić information content (AvgIpc) is 2.59. The molecule has 0 aliphatic heterocycles. The Kier molecular flexibility index (Phi) is 4.80. The Hall–Kier alpha value is -2.70. The van der Waals surface area contributed by atoms with Crippen LogP contribution in [-0.2, 0) is 6.18 Å². The number of para-hydroxylation sites is 1. The van der Waals surface area contributed by atoms with Gasteiger partial charge in [-0.15, -0.1) is 0 Å². The summed E-state index contributed by atoms with van der Waals surface area (Å²) in [6.07, 6.45) is -0.962. The number of anilines is 1. The number of aromatic nitrogens is 2. The first-order chi connectivity index (χ1) is 12.3. The predicted molar refractivity (Wildman–Crippen MR) is 96.9 cm³/mol. The molecule has 1 N–H and O–H groups in total. The van der Waals surface area contributed by atoms with Gasteiger partial charge in [0.25, 0.3) is 0 Å². The number of alkyl halides is 3. The van der Waals surface area contributed by atoms with Crippen molar-refractivity contribution in [2.24, 2.45) is 11.0 Å². The zero-order valence-electron chi connectivity index (χ0n) is 14.6. The van der Waals surface area contributed by atoms with Crippen LogP contribution in [0.1, 0.15) is 32.5 Å². The summed E-state index contributed by atoms with van der Waals surface area (Å²) in [5.74, 6) is -0.859. The van der Waals surface area contributed by atoms with Crippen LogP contribution in [0.3, 0.4) is 0 Å². The Bertz CT molecular complexity index is 913. The summed E-state index contributed by atoms with van der Waals surface area (Å²) >= 11 is 0. The summed E-state index contributed by atoms with van der Waals surface area (Å²) in [5, 5.41) is 4.82. The maximum Gasteiger partial charge on any atom is 0.451 e. The number of nitrogens with zero attached hydrogens (tertiary/aromatic N) is 3. The smallest absolute Gasteiger partial charge is 0.260 e. The van der Waals surface area contributed by atoms with Crippen molar-refractivity contribution in [3.05, 3.63) is 53.9 Å². The van der Waals surface area contributed by atoms with Crippen molar-refractivity contribution < 1.29 is 13.2 Å². The number of nitrogens with one attached hydrogen (secondary N) is 1. The maximum atomic E-state index is 13.1. The third-order valence-corrected chi connectivity index (χ3v) is 4.45. The molecule has 136 valence electrons. The summed E-state index contributed by atoms with van der Waals surface area (Å²) in [7, 11) is 0. The quantitative estimate of drug-likeness (QED) is 0.593. The molecule has 0 saturated heterocycles. The van der Waals surface area contributed by atoms with Gasteiger partial charge in [-0.2, -0.15) is 18.3 Å². The lowest BCUT2D eigenvalue weighted by Crippen LogP contribution is -2.17. The van der Waals surface area contributed by atoms with E-state index in [0.29, 0.717) is 11.8 Å². The van der Waals surface area contributed by atoms with Crippen LogP contribution in [0.25, 0.3) is 10.9 Å². The van der Waals surface area contributed by atoms with Crippen LogP contribution in [0.15, 0.2) is 53.2 Å². The van der Waals surface area contributed by atoms with Gasteiger partial charge in [-0.25, -0.2) is 9.97 Å². The fourth-order valence-electron chi connectivity index (χ4n) is 2.83. The van der Waals surface area contributed by atoms with Gasteiger partial charge in [-0.3, -0.25) is 5.43 Å². The van der Waals surface area contributed by atoms with Crippen molar-refractivity contribution in [1.82, 2.24) is 9.97 Å². The van der Waals surface area contributed by atoms with Crippen LogP contribution in [0.2, 0.25) is 0 Å². The van der Waals surface area contributed by atoms with Gasteiger partial charge >= 0.3 is 6.18 Å². The molecule has 0 saturated carbocycles. The van der Waals surface area contributed by atoms with E-state index in [4.69, 9.17) is 0 Å². The third kappa shape index (κ3) is 3.76. The summed E-state index contributed by atoms with van der Waals surface area (Å²) in [6.45, 7) is 7.89. The number of allylic oxidation sites excluding steroid dienone is 3. The lowest BCUT2D eigenvalue weighted by atomic mass is 9.85. The number of hydrazone groups is 1. The largest absolute Gasteiger partial charge is 0.451 e. The van der Waals surface area contributed by atoms with Crippen LogP contribution in [-0.4, -0.2) is 15.7 Å². The Morgan fingerprint density at radius 2 is 2.00 bits per heavy atom. The van der Waals surface area contributed by atoms with Crippen molar-refractivity contribution in [3.63, 3.8) is 0 Å². The maximum absolute atomic E-state index is 13.1. The third-order valence-electron chi connectivity index (χ3n) is 4.45. The molecule has 0 amide bonds. The fourth-order valence-corrected chi connectivity index (χ4v) is 2.83. The fraction of sp³-hybridized carbons (Fsp3) is 0.316. The molecule has 1 aromatic heterocycles. The van der Waals surface area contributed by atoms with Crippen LogP contribution in [0.4, 0.5) is 19.0 Å². The monoisotopic (exact) mass is 360 g/mol. The summed E-state index contributed by atoms with van der Waals surface area (Å²) in [6, 6.07) is 6.54. The molecule has 1 heterocycles. The van der Waals surface area contributed by atoms with Crippen LogP contribution in [0.5, 0.6) is 0 Å². The summed E-state index contributed by atoms with van der Waals surface area (Å²) in [4.78, 5) is 7.25. The topological polar surface area (TPSA) is 50.2 Å². The lowest BCUT2D eigenvalue weighted by molar-refractivity contribution is -0.144. The normalized spacial score (nSPS) is 19.5. The average molecular weight is 360 g/mol. The molecule has 0 fully saturated rings. The minimum atomic E-state index is -4.63. The van der Waals surface area contributed by atoms with Crippen molar-refractivity contribution in [3.8, 4) is 0 Å². The van der Waals surface area contributed by atoms with Gasteiger partial charge in [0.2, 0.25) is 5.82 Å². The van der Waals surface area contributed by atoms with Crippen LogP contribution < -0.4 is 5.43 Å². The first kappa shape index (κ1) is 18.1. The van der Waals surface area contributed by atoms with Crippen molar-refractivity contribution in [1.29, 1.82) is 0 Å². The standard InChI is InChI=1S/C19H19F3N4/c1-11(2)13-9-8-12(3)16(10-13)25-26-17-14-6-4-5-7-15(14)23-18(24-17)19(20,21)22/h4-8,13H,1,9-10H2,2-3H3,(H,23,24,26)/t13-/m0/s1. The number of halogens is 3. The van der Waals surface area contributed by atoms with E-state index in [9.17, 15) is 13.2 Å². The van der Waals surface area contributed by atoms with Crippen molar-refractivity contribution in [2.75, 3.05) is 5.43 Å². The molecule has 0 spiro atoms. The molecule has 1 aromatic carbocycles.